The maximum Gasteiger partial charge on any atom is 0.339 e. The number of nitrogens with zero attached hydrogens (tertiary/aromatic N) is 1. The third kappa shape index (κ3) is 2.28. The first-order chi connectivity index (χ1) is 11.6. The summed E-state index contributed by atoms with van der Waals surface area (Å²) in [7, 11) is 0. The number of hydrogen-bond donors (Lipinski definition) is 0. The summed E-state index contributed by atoms with van der Waals surface area (Å²) in [5.41, 5.74) is 1.23. The second-order valence-corrected chi connectivity index (χ2v) is 6.23. The zero-order valence-electron chi connectivity index (χ0n) is 13.0. The van der Waals surface area contributed by atoms with Crippen LogP contribution in [-0.2, 0) is 10.3 Å². The van der Waals surface area contributed by atoms with E-state index < -0.39 is 11.4 Å². The van der Waals surface area contributed by atoms with E-state index in [9.17, 15) is 14.0 Å². The van der Waals surface area contributed by atoms with Crippen LogP contribution in [0, 0.1) is 5.82 Å². The normalized spacial score (nSPS) is 18.4. The van der Waals surface area contributed by atoms with Crippen molar-refractivity contribution < 1.29 is 18.7 Å². The maximum absolute atomic E-state index is 13.3. The molecular formula is C19H16FNO3. The molecular weight excluding hydrogens is 309 g/mol. The van der Waals surface area contributed by atoms with Crippen molar-refractivity contribution in [1.82, 2.24) is 4.90 Å². The number of hydrogen-bond acceptors (Lipinski definition) is 3. The number of carbonyl (C=O) groups excluding carboxylic acids is 2. The van der Waals surface area contributed by atoms with Crippen molar-refractivity contribution in [3.63, 3.8) is 0 Å². The topological polar surface area (TPSA) is 46.6 Å². The van der Waals surface area contributed by atoms with Crippen LogP contribution in [0.25, 0.3) is 0 Å². The number of fused-ring (bicyclic) bond motifs is 2. The Balaban J connectivity index is 1.54. The Morgan fingerprint density at radius 3 is 2.58 bits per heavy atom. The highest BCUT2D eigenvalue weighted by molar-refractivity contribution is 5.95. The lowest BCUT2D eigenvalue weighted by Gasteiger charge is -2.38. The minimum atomic E-state index is -0.633. The summed E-state index contributed by atoms with van der Waals surface area (Å²) in [5, 5.41) is 0. The second kappa shape index (κ2) is 5.44. The van der Waals surface area contributed by atoms with Gasteiger partial charge in [-0.3, -0.25) is 4.79 Å². The van der Waals surface area contributed by atoms with E-state index in [2.05, 4.69) is 0 Å². The molecule has 0 atom stereocenters. The number of halogens is 1. The van der Waals surface area contributed by atoms with Crippen molar-refractivity contribution in [3.05, 3.63) is 71.0 Å². The van der Waals surface area contributed by atoms with E-state index in [-0.39, 0.29) is 11.9 Å². The Hall–Kier alpha value is -2.69. The first-order valence-electron chi connectivity index (χ1n) is 7.97. The molecule has 1 saturated heterocycles. The molecule has 2 heterocycles. The average molecular weight is 325 g/mol. The van der Waals surface area contributed by atoms with E-state index in [1.807, 2.05) is 18.2 Å². The molecule has 122 valence electrons. The second-order valence-electron chi connectivity index (χ2n) is 6.23. The molecule has 0 aliphatic carbocycles. The predicted molar refractivity (Wildman–Crippen MR) is 85.1 cm³/mol. The van der Waals surface area contributed by atoms with Crippen LogP contribution < -0.4 is 0 Å². The number of amides is 1. The third-order valence-corrected chi connectivity index (χ3v) is 4.86. The largest absolute Gasteiger partial charge is 0.450 e. The van der Waals surface area contributed by atoms with Gasteiger partial charge in [0, 0.05) is 37.1 Å². The van der Waals surface area contributed by atoms with Gasteiger partial charge in [0.25, 0.3) is 5.91 Å². The molecule has 1 amide bonds. The van der Waals surface area contributed by atoms with Crippen molar-refractivity contribution in [2.75, 3.05) is 13.1 Å². The van der Waals surface area contributed by atoms with Crippen LogP contribution in [0.1, 0.15) is 39.1 Å². The molecule has 5 heteroatoms. The van der Waals surface area contributed by atoms with Gasteiger partial charge in [-0.25, -0.2) is 9.18 Å². The number of ether oxygens (including phenoxy) is 1. The van der Waals surface area contributed by atoms with Gasteiger partial charge in [-0.15, -0.1) is 0 Å². The Morgan fingerprint density at radius 1 is 1.08 bits per heavy atom. The Bertz CT molecular complexity index is 825. The van der Waals surface area contributed by atoms with Crippen molar-refractivity contribution >= 4 is 11.9 Å². The summed E-state index contributed by atoms with van der Waals surface area (Å²) in [6, 6.07) is 13.1. The van der Waals surface area contributed by atoms with E-state index in [1.165, 1.54) is 18.2 Å². The lowest BCUT2D eigenvalue weighted by atomic mass is 9.83. The minimum absolute atomic E-state index is 0.193. The van der Waals surface area contributed by atoms with Crippen LogP contribution in [0.4, 0.5) is 4.39 Å². The Morgan fingerprint density at radius 2 is 1.83 bits per heavy atom. The molecule has 2 aromatic carbocycles. The standard InChI is InChI=1S/C19H16FNO3/c20-14-5-3-4-13(12-14)17(22)21-10-8-19(9-11-21)16-7-2-1-6-15(16)18(23)24-19/h1-7,12H,8-11H2. The van der Waals surface area contributed by atoms with Gasteiger partial charge in [-0.2, -0.15) is 0 Å². The van der Waals surface area contributed by atoms with Crippen molar-refractivity contribution in [2.45, 2.75) is 18.4 Å². The molecule has 0 bridgehead atoms. The lowest BCUT2D eigenvalue weighted by molar-refractivity contribution is -0.0389. The quantitative estimate of drug-likeness (QED) is 0.757. The van der Waals surface area contributed by atoms with Crippen LogP contribution in [0.5, 0.6) is 0 Å². The molecule has 4 rings (SSSR count). The molecule has 0 aromatic heterocycles. The lowest BCUT2D eigenvalue weighted by Crippen LogP contribution is -2.45. The summed E-state index contributed by atoms with van der Waals surface area (Å²) < 4.78 is 19.0. The predicted octanol–water partition coefficient (Wildman–Crippen LogP) is 3.13. The summed E-state index contributed by atoms with van der Waals surface area (Å²) in [6.07, 6.45) is 1.10. The minimum Gasteiger partial charge on any atom is -0.450 e. The van der Waals surface area contributed by atoms with Gasteiger partial charge in [0.15, 0.2) is 0 Å². The van der Waals surface area contributed by atoms with Gasteiger partial charge in [-0.1, -0.05) is 24.3 Å². The fourth-order valence-corrected chi connectivity index (χ4v) is 3.59. The van der Waals surface area contributed by atoms with Crippen LogP contribution in [0.15, 0.2) is 48.5 Å². The molecule has 0 saturated carbocycles. The molecule has 2 aliphatic rings. The SMILES string of the molecule is O=C1OC2(CCN(C(=O)c3cccc(F)c3)CC2)c2ccccc21. The maximum atomic E-state index is 13.3. The molecule has 24 heavy (non-hydrogen) atoms. The fourth-order valence-electron chi connectivity index (χ4n) is 3.59. The van der Waals surface area contributed by atoms with Crippen molar-refractivity contribution in [1.29, 1.82) is 0 Å². The van der Waals surface area contributed by atoms with Crippen molar-refractivity contribution in [2.24, 2.45) is 0 Å². The molecule has 1 spiro atoms. The smallest absolute Gasteiger partial charge is 0.339 e. The highest BCUT2D eigenvalue weighted by Gasteiger charge is 2.47. The van der Waals surface area contributed by atoms with Crippen molar-refractivity contribution in [3.8, 4) is 0 Å². The highest BCUT2D eigenvalue weighted by Crippen LogP contribution is 2.44. The van der Waals surface area contributed by atoms with Gasteiger partial charge < -0.3 is 9.64 Å². The molecule has 1 fully saturated rings. The molecule has 0 radical (unpaired) electrons. The third-order valence-electron chi connectivity index (χ3n) is 4.86. The number of carbonyl (C=O) groups is 2. The van der Waals surface area contributed by atoms with E-state index >= 15 is 0 Å². The molecule has 0 unspecified atom stereocenters. The van der Waals surface area contributed by atoms with Crippen LogP contribution >= 0.6 is 0 Å². The van der Waals surface area contributed by atoms with E-state index in [0.29, 0.717) is 37.1 Å². The number of likely N-dealkylation sites (tertiary alicyclic amines) is 1. The Kier molecular flexibility index (Phi) is 3.37. The fraction of sp³-hybridized carbons (Fsp3) is 0.263. The van der Waals surface area contributed by atoms with Gasteiger partial charge in [0.2, 0.25) is 0 Å². The monoisotopic (exact) mass is 325 g/mol. The molecule has 2 aromatic rings. The summed E-state index contributed by atoms with van der Waals surface area (Å²) in [4.78, 5) is 26.3. The Labute approximate surface area is 138 Å². The summed E-state index contributed by atoms with van der Waals surface area (Å²) in [5.74, 6) is -0.912. The van der Waals surface area contributed by atoms with Gasteiger partial charge in [0.1, 0.15) is 11.4 Å². The molecule has 4 nitrogen and oxygen atoms in total. The van der Waals surface area contributed by atoms with Gasteiger partial charge in [0.05, 0.1) is 5.56 Å². The van der Waals surface area contributed by atoms with E-state index in [0.717, 1.165) is 5.56 Å². The summed E-state index contributed by atoms with van der Waals surface area (Å²) >= 11 is 0. The van der Waals surface area contributed by atoms with E-state index in [1.54, 1.807) is 17.0 Å². The first kappa shape index (κ1) is 14.9. The van der Waals surface area contributed by atoms with Crippen LogP contribution in [0.3, 0.4) is 0 Å². The summed E-state index contributed by atoms with van der Waals surface area (Å²) in [6.45, 7) is 0.938. The van der Waals surface area contributed by atoms with Crippen LogP contribution in [0.2, 0.25) is 0 Å². The average Bonchev–Trinajstić information content (AvgIpc) is 2.88. The number of esters is 1. The molecule has 0 N–H and O–H groups in total. The van der Waals surface area contributed by atoms with Gasteiger partial charge in [-0.05, 0) is 24.3 Å². The first-order valence-corrected chi connectivity index (χ1v) is 7.97. The van der Waals surface area contributed by atoms with E-state index in [4.69, 9.17) is 4.74 Å². The zero-order chi connectivity index (χ0) is 16.7. The zero-order valence-corrected chi connectivity index (χ0v) is 13.0. The molecule has 2 aliphatic heterocycles. The van der Waals surface area contributed by atoms with Crippen LogP contribution in [-0.4, -0.2) is 29.9 Å². The number of rotatable bonds is 1. The highest BCUT2D eigenvalue weighted by atomic mass is 19.1. The van der Waals surface area contributed by atoms with Gasteiger partial charge >= 0.3 is 5.97 Å². The number of piperidine rings is 1. The number of benzene rings is 2.